The minimum Gasteiger partial charge on any atom is -0.467 e. The van der Waals surface area contributed by atoms with Gasteiger partial charge >= 0.3 is 6.01 Å². The lowest BCUT2D eigenvalue weighted by Gasteiger charge is -2.38. The Hall–Kier alpha value is -3.33. The SMILES string of the molecule is COc1ncc2c(N3C[C@@H](C)N[C@@H](C)C3)ccc(C(=O)Nc3cnc(C)nc3)c2n1. The number of aromatic nitrogens is 4. The summed E-state index contributed by atoms with van der Waals surface area (Å²) in [6, 6.07) is 4.68. The first-order valence-corrected chi connectivity index (χ1v) is 9.89. The second-order valence-corrected chi connectivity index (χ2v) is 7.60. The lowest BCUT2D eigenvalue weighted by molar-refractivity contribution is 0.102. The van der Waals surface area contributed by atoms with Crippen LogP contribution in [0.1, 0.15) is 30.0 Å². The van der Waals surface area contributed by atoms with Crippen molar-refractivity contribution < 1.29 is 9.53 Å². The summed E-state index contributed by atoms with van der Waals surface area (Å²) in [5.74, 6) is 0.349. The Morgan fingerprint density at radius 1 is 1.13 bits per heavy atom. The van der Waals surface area contributed by atoms with Crippen molar-refractivity contribution in [3.63, 3.8) is 0 Å². The molecule has 0 unspecified atom stereocenters. The summed E-state index contributed by atoms with van der Waals surface area (Å²) in [5, 5.41) is 7.19. The van der Waals surface area contributed by atoms with Gasteiger partial charge in [-0.25, -0.2) is 15.0 Å². The van der Waals surface area contributed by atoms with E-state index < -0.39 is 0 Å². The average Bonchev–Trinajstić information content (AvgIpc) is 2.73. The predicted molar refractivity (Wildman–Crippen MR) is 115 cm³/mol. The lowest BCUT2D eigenvalue weighted by Crippen LogP contribution is -2.54. The Morgan fingerprint density at radius 2 is 1.83 bits per heavy atom. The van der Waals surface area contributed by atoms with Crippen molar-refractivity contribution in [2.45, 2.75) is 32.9 Å². The Bertz CT molecular complexity index is 1060. The van der Waals surface area contributed by atoms with Crippen LogP contribution in [0, 0.1) is 6.92 Å². The first-order chi connectivity index (χ1) is 14.4. The van der Waals surface area contributed by atoms with Gasteiger partial charge in [-0.2, -0.15) is 4.98 Å². The highest BCUT2D eigenvalue weighted by Gasteiger charge is 2.24. The Labute approximate surface area is 174 Å². The molecule has 1 amide bonds. The van der Waals surface area contributed by atoms with Crippen LogP contribution in [-0.2, 0) is 0 Å². The first kappa shape index (κ1) is 20.0. The molecule has 2 aromatic heterocycles. The number of ether oxygens (including phenoxy) is 1. The summed E-state index contributed by atoms with van der Waals surface area (Å²) in [4.78, 5) is 32.3. The van der Waals surface area contributed by atoms with Crippen LogP contribution in [0.25, 0.3) is 10.9 Å². The maximum Gasteiger partial charge on any atom is 0.316 e. The summed E-state index contributed by atoms with van der Waals surface area (Å²) < 4.78 is 5.21. The molecule has 3 aromatic rings. The molecule has 9 nitrogen and oxygen atoms in total. The van der Waals surface area contributed by atoms with Gasteiger partial charge < -0.3 is 20.3 Å². The molecule has 9 heteroatoms. The number of benzene rings is 1. The number of piperazine rings is 1. The van der Waals surface area contributed by atoms with E-state index in [1.807, 2.05) is 6.07 Å². The number of hydrogen-bond acceptors (Lipinski definition) is 8. The van der Waals surface area contributed by atoms with Gasteiger partial charge in [0.25, 0.3) is 5.91 Å². The molecule has 2 N–H and O–H groups in total. The van der Waals surface area contributed by atoms with Gasteiger partial charge in [0.2, 0.25) is 0 Å². The highest BCUT2D eigenvalue weighted by atomic mass is 16.5. The minimum absolute atomic E-state index is 0.217. The molecule has 1 aliphatic heterocycles. The van der Waals surface area contributed by atoms with Crippen LogP contribution in [0.4, 0.5) is 11.4 Å². The number of amides is 1. The molecule has 0 saturated carbocycles. The lowest BCUT2D eigenvalue weighted by atomic mass is 10.0. The molecule has 156 valence electrons. The van der Waals surface area contributed by atoms with Crippen LogP contribution in [0.15, 0.2) is 30.7 Å². The molecular weight excluding hydrogens is 382 g/mol. The molecule has 3 heterocycles. The highest BCUT2D eigenvalue weighted by molar-refractivity contribution is 6.13. The largest absolute Gasteiger partial charge is 0.467 e. The van der Waals surface area contributed by atoms with E-state index >= 15 is 0 Å². The molecular formula is C21H25N7O2. The number of nitrogens with one attached hydrogen (secondary N) is 2. The highest BCUT2D eigenvalue weighted by Crippen LogP contribution is 2.30. The molecule has 1 aromatic carbocycles. The summed E-state index contributed by atoms with van der Waals surface area (Å²) in [6.45, 7) is 7.83. The van der Waals surface area contributed by atoms with Crippen LogP contribution in [0.5, 0.6) is 6.01 Å². The maximum atomic E-state index is 13.0. The summed E-state index contributed by atoms with van der Waals surface area (Å²) in [5.41, 5.74) is 2.51. The second-order valence-electron chi connectivity index (χ2n) is 7.60. The molecule has 4 rings (SSSR count). The Morgan fingerprint density at radius 3 is 2.50 bits per heavy atom. The first-order valence-electron chi connectivity index (χ1n) is 9.89. The van der Waals surface area contributed by atoms with Gasteiger partial charge in [0.05, 0.1) is 36.3 Å². The zero-order chi connectivity index (χ0) is 21.3. The third-order valence-corrected chi connectivity index (χ3v) is 5.07. The average molecular weight is 407 g/mol. The number of anilines is 2. The number of fused-ring (bicyclic) bond motifs is 1. The molecule has 0 bridgehead atoms. The van der Waals surface area contributed by atoms with Crippen LogP contribution >= 0.6 is 0 Å². The second kappa shape index (κ2) is 8.19. The quantitative estimate of drug-likeness (QED) is 0.678. The van der Waals surface area contributed by atoms with Gasteiger partial charge in [-0.05, 0) is 32.9 Å². The Balaban J connectivity index is 1.75. The molecule has 1 aliphatic rings. The van der Waals surface area contributed by atoms with E-state index in [1.54, 1.807) is 31.6 Å². The zero-order valence-corrected chi connectivity index (χ0v) is 17.5. The van der Waals surface area contributed by atoms with Gasteiger partial charge in [-0.15, -0.1) is 0 Å². The smallest absolute Gasteiger partial charge is 0.316 e. The van der Waals surface area contributed by atoms with Gasteiger partial charge in [-0.1, -0.05) is 0 Å². The zero-order valence-electron chi connectivity index (χ0n) is 17.5. The van der Waals surface area contributed by atoms with Gasteiger partial charge in [0.15, 0.2) is 0 Å². The molecule has 30 heavy (non-hydrogen) atoms. The molecule has 1 saturated heterocycles. The van der Waals surface area contributed by atoms with E-state index in [2.05, 4.69) is 49.3 Å². The van der Waals surface area contributed by atoms with Crippen molar-refractivity contribution in [3.05, 3.63) is 42.1 Å². The standard InChI is InChI=1S/C21H25N7O2/c1-12-10-28(11-13(2)25-12)18-6-5-16(19-17(18)9-24-21(27-19)30-4)20(29)26-15-7-22-14(3)23-8-15/h5-9,12-13,25H,10-11H2,1-4H3,(H,26,29)/t12-,13+. The minimum atomic E-state index is -0.290. The third-order valence-electron chi connectivity index (χ3n) is 5.07. The van der Waals surface area contributed by atoms with Crippen molar-refractivity contribution in [1.29, 1.82) is 0 Å². The van der Waals surface area contributed by atoms with Crippen LogP contribution < -0.4 is 20.3 Å². The predicted octanol–water partition coefficient (Wildman–Crippen LogP) is 2.18. The summed E-state index contributed by atoms with van der Waals surface area (Å²) in [6.07, 6.45) is 4.88. The molecule has 0 radical (unpaired) electrons. The number of rotatable bonds is 4. The van der Waals surface area contributed by atoms with Crippen LogP contribution in [0.3, 0.4) is 0 Å². The van der Waals surface area contributed by atoms with E-state index in [0.717, 1.165) is 24.2 Å². The van der Waals surface area contributed by atoms with Crippen molar-refractivity contribution in [1.82, 2.24) is 25.3 Å². The van der Waals surface area contributed by atoms with Gasteiger partial charge in [-0.3, -0.25) is 4.79 Å². The number of carbonyl (C=O) groups is 1. The summed E-state index contributed by atoms with van der Waals surface area (Å²) in [7, 11) is 1.51. The van der Waals surface area contributed by atoms with E-state index in [-0.39, 0.29) is 11.9 Å². The molecule has 2 atom stereocenters. The van der Waals surface area contributed by atoms with Gasteiger partial charge in [0.1, 0.15) is 5.82 Å². The van der Waals surface area contributed by atoms with Crippen molar-refractivity contribution in [3.8, 4) is 6.01 Å². The van der Waals surface area contributed by atoms with Crippen LogP contribution in [-0.4, -0.2) is 58.1 Å². The maximum absolute atomic E-state index is 13.0. The van der Waals surface area contributed by atoms with E-state index in [1.165, 1.54) is 7.11 Å². The molecule has 0 aliphatic carbocycles. The number of nitrogens with zero attached hydrogens (tertiary/aromatic N) is 5. The fraction of sp³-hybridized carbons (Fsp3) is 0.381. The number of methoxy groups -OCH3 is 1. The topological polar surface area (TPSA) is 105 Å². The van der Waals surface area contributed by atoms with E-state index in [0.29, 0.717) is 34.7 Å². The fourth-order valence-electron chi connectivity index (χ4n) is 3.83. The number of carbonyl (C=O) groups excluding carboxylic acids is 1. The molecule has 0 spiro atoms. The van der Waals surface area contributed by atoms with E-state index in [4.69, 9.17) is 4.74 Å². The third kappa shape index (κ3) is 4.02. The normalized spacial score (nSPS) is 19.0. The fourth-order valence-corrected chi connectivity index (χ4v) is 3.83. The van der Waals surface area contributed by atoms with Gasteiger partial charge in [0, 0.05) is 42.4 Å². The van der Waals surface area contributed by atoms with Crippen molar-refractivity contribution >= 4 is 28.2 Å². The van der Waals surface area contributed by atoms with Crippen molar-refractivity contribution in [2.75, 3.05) is 30.4 Å². The number of aryl methyl sites for hydroxylation is 1. The Kier molecular flexibility index (Phi) is 5.45. The van der Waals surface area contributed by atoms with Crippen molar-refractivity contribution in [2.24, 2.45) is 0 Å². The number of hydrogen-bond donors (Lipinski definition) is 2. The van der Waals surface area contributed by atoms with E-state index in [9.17, 15) is 4.79 Å². The summed E-state index contributed by atoms with van der Waals surface area (Å²) >= 11 is 0. The molecule has 1 fully saturated rings. The monoisotopic (exact) mass is 407 g/mol. The van der Waals surface area contributed by atoms with Crippen LogP contribution in [0.2, 0.25) is 0 Å².